The zero-order valence-corrected chi connectivity index (χ0v) is 16.1. The molecule has 0 atom stereocenters. The Bertz CT molecular complexity index is 932. The van der Waals surface area contributed by atoms with Gasteiger partial charge in [-0.2, -0.15) is 5.10 Å². The largest absolute Gasteiger partial charge is 0.336 e. The van der Waals surface area contributed by atoms with Crippen molar-refractivity contribution in [2.45, 2.75) is 13.8 Å². The van der Waals surface area contributed by atoms with Crippen LogP contribution in [0.2, 0.25) is 0 Å². The zero-order chi connectivity index (χ0) is 19.0. The van der Waals surface area contributed by atoms with Crippen molar-refractivity contribution in [3.8, 4) is 11.5 Å². The number of carbonyl (C=O) groups is 1. The van der Waals surface area contributed by atoms with Crippen LogP contribution in [0.15, 0.2) is 48.8 Å². The number of benzene rings is 1. The lowest BCUT2D eigenvalue weighted by atomic mass is 10.2. The van der Waals surface area contributed by atoms with E-state index in [0.29, 0.717) is 5.56 Å². The van der Waals surface area contributed by atoms with E-state index in [-0.39, 0.29) is 5.91 Å². The quantitative estimate of drug-likeness (QED) is 0.719. The van der Waals surface area contributed by atoms with Gasteiger partial charge in [0.2, 0.25) is 0 Å². The SMILES string of the molecule is Cc1ccc(-n2nc(C)c(C(=O)N3CCN(C)CC3)c2-n2cccc2)cc1. The van der Waals surface area contributed by atoms with E-state index in [1.807, 2.05) is 57.7 Å². The summed E-state index contributed by atoms with van der Waals surface area (Å²) in [6.07, 6.45) is 3.92. The highest BCUT2D eigenvalue weighted by molar-refractivity contribution is 5.98. The molecular weight excluding hydrogens is 338 g/mol. The van der Waals surface area contributed by atoms with Gasteiger partial charge in [-0.15, -0.1) is 0 Å². The number of likely N-dealkylation sites (N-methyl/N-ethyl adjacent to an activating group) is 1. The second kappa shape index (κ2) is 7.04. The van der Waals surface area contributed by atoms with Crippen LogP contribution >= 0.6 is 0 Å². The summed E-state index contributed by atoms with van der Waals surface area (Å²) in [5.41, 5.74) is 3.57. The third kappa shape index (κ3) is 3.28. The first-order chi connectivity index (χ1) is 13.0. The number of amides is 1. The molecule has 1 saturated heterocycles. The number of aromatic nitrogens is 3. The van der Waals surface area contributed by atoms with E-state index in [1.165, 1.54) is 5.56 Å². The molecule has 0 unspecified atom stereocenters. The maximum atomic E-state index is 13.4. The molecule has 1 fully saturated rings. The molecular formula is C21H25N5O. The standard InChI is InChI=1S/C21H25N5O/c1-16-6-8-18(9-7-16)26-20(24-10-4-5-11-24)19(17(2)22-26)21(27)25-14-12-23(3)13-15-25/h4-11H,12-15H2,1-3H3. The van der Waals surface area contributed by atoms with Crippen molar-refractivity contribution in [3.05, 3.63) is 65.6 Å². The summed E-state index contributed by atoms with van der Waals surface area (Å²) in [7, 11) is 2.09. The van der Waals surface area contributed by atoms with Crippen molar-refractivity contribution in [2.75, 3.05) is 33.2 Å². The van der Waals surface area contributed by atoms with E-state index in [4.69, 9.17) is 5.10 Å². The van der Waals surface area contributed by atoms with Gasteiger partial charge in [0.1, 0.15) is 5.56 Å². The number of piperazine rings is 1. The Labute approximate surface area is 159 Å². The van der Waals surface area contributed by atoms with Crippen LogP contribution in [0.25, 0.3) is 11.5 Å². The molecule has 4 rings (SSSR count). The van der Waals surface area contributed by atoms with Gasteiger partial charge in [0.25, 0.3) is 5.91 Å². The maximum absolute atomic E-state index is 13.4. The average Bonchev–Trinajstić information content (AvgIpc) is 3.30. The number of aryl methyl sites for hydroxylation is 2. The fourth-order valence-corrected chi connectivity index (χ4v) is 3.51. The Kier molecular flexibility index (Phi) is 4.58. The van der Waals surface area contributed by atoms with Gasteiger partial charge in [0.15, 0.2) is 5.82 Å². The highest BCUT2D eigenvalue weighted by Crippen LogP contribution is 2.25. The lowest BCUT2D eigenvalue weighted by Crippen LogP contribution is -2.47. The van der Waals surface area contributed by atoms with Crippen molar-refractivity contribution >= 4 is 5.91 Å². The molecule has 3 heterocycles. The molecule has 27 heavy (non-hydrogen) atoms. The van der Waals surface area contributed by atoms with Crippen molar-refractivity contribution in [1.29, 1.82) is 0 Å². The summed E-state index contributed by atoms with van der Waals surface area (Å²) >= 11 is 0. The Morgan fingerprint density at radius 3 is 2.22 bits per heavy atom. The fraction of sp³-hybridized carbons (Fsp3) is 0.333. The van der Waals surface area contributed by atoms with E-state index in [9.17, 15) is 4.79 Å². The van der Waals surface area contributed by atoms with Gasteiger partial charge in [0, 0.05) is 38.6 Å². The van der Waals surface area contributed by atoms with Gasteiger partial charge in [-0.25, -0.2) is 4.68 Å². The molecule has 0 bridgehead atoms. The smallest absolute Gasteiger partial charge is 0.259 e. The highest BCUT2D eigenvalue weighted by atomic mass is 16.2. The minimum Gasteiger partial charge on any atom is -0.336 e. The van der Waals surface area contributed by atoms with E-state index >= 15 is 0 Å². The Morgan fingerprint density at radius 2 is 1.59 bits per heavy atom. The second-order valence-corrected chi connectivity index (χ2v) is 7.22. The van der Waals surface area contributed by atoms with Gasteiger partial charge in [0.05, 0.1) is 11.4 Å². The number of carbonyl (C=O) groups excluding carboxylic acids is 1. The Morgan fingerprint density at radius 1 is 0.963 bits per heavy atom. The molecule has 0 N–H and O–H groups in total. The number of nitrogens with zero attached hydrogens (tertiary/aromatic N) is 5. The predicted octanol–water partition coefficient (Wildman–Crippen LogP) is 2.67. The van der Waals surface area contributed by atoms with E-state index in [2.05, 4.69) is 31.0 Å². The van der Waals surface area contributed by atoms with Crippen LogP contribution in [0, 0.1) is 13.8 Å². The molecule has 1 aliphatic rings. The van der Waals surface area contributed by atoms with Gasteiger partial charge in [-0.05, 0) is 45.2 Å². The van der Waals surface area contributed by atoms with Gasteiger partial charge < -0.3 is 14.4 Å². The summed E-state index contributed by atoms with van der Waals surface area (Å²) in [5.74, 6) is 0.855. The molecule has 0 spiro atoms. The molecule has 6 nitrogen and oxygen atoms in total. The Hall–Kier alpha value is -2.86. The minimum absolute atomic E-state index is 0.0580. The van der Waals surface area contributed by atoms with Crippen LogP contribution in [0.3, 0.4) is 0 Å². The van der Waals surface area contributed by atoms with Crippen molar-refractivity contribution < 1.29 is 4.79 Å². The Balaban J connectivity index is 1.82. The maximum Gasteiger partial charge on any atom is 0.259 e. The third-order valence-electron chi connectivity index (χ3n) is 5.17. The fourth-order valence-electron chi connectivity index (χ4n) is 3.51. The number of hydrogen-bond donors (Lipinski definition) is 0. The summed E-state index contributed by atoms with van der Waals surface area (Å²) in [6, 6.07) is 12.1. The number of rotatable bonds is 3. The zero-order valence-electron chi connectivity index (χ0n) is 16.1. The van der Waals surface area contributed by atoms with Crippen LogP contribution in [0.4, 0.5) is 0 Å². The minimum atomic E-state index is 0.0580. The molecule has 3 aromatic rings. The first-order valence-corrected chi connectivity index (χ1v) is 9.32. The molecule has 1 aliphatic heterocycles. The molecule has 0 radical (unpaired) electrons. The van der Waals surface area contributed by atoms with E-state index in [0.717, 1.165) is 43.4 Å². The van der Waals surface area contributed by atoms with Crippen LogP contribution in [0.5, 0.6) is 0 Å². The summed E-state index contributed by atoms with van der Waals surface area (Å²) < 4.78 is 3.85. The topological polar surface area (TPSA) is 46.3 Å². The van der Waals surface area contributed by atoms with Gasteiger partial charge in [-0.1, -0.05) is 17.7 Å². The molecule has 0 saturated carbocycles. The normalized spacial score (nSPS) is 15.3. The predicted molar refractivity (Wildman–Crippen MR) is 106 cm³/mol. The van der Waals surface area contributed by atoms with Crippen molar-refractivity contribution in [1.82, 2.24) is 24.1 Å². The van der Waals surface area contributed by atoms with Crippen molar-refractivity contribution in [3.63, 3.8) is 0 Å². The lowest BCUT2D eigenvalue weighted by Gasteiger charge is -2.32. The summed E-state index contributed by atoms with van der Waals surface area (Å²) in [4.78, 5) is 17.6. The lowest BCUT2D eigenvalue weighted by molar-refractivity contribution is 0.0663. The summed E-state index contributed by atoms with van der Waals surface area (Å²) in [6.45, 7) is 7.27. The molecule has 1 amide bonds. The first kappa shape index (κ1) is 17.5. The monoisotopic (exact) mass is 363 g/mol. The second-order valence-electron chi connectivity index (χ2n) is 7.22. The van der Waals surface area contributed by atoms with Gasteiger partial charge >= 0.3 is 0 Å². The molecule has 140 valence electrons. The van der Waals surface area contributed by atoms with Crippen LogP contribution < -0.4 is 0 Å². The van der Waals surface area contributed by atoms with E-state index in [1.54, 1.807) is 0 Å². The third-order valence-corrected chi connectivity index (χ3v) is 5.17. The summed E-state index contributed by atoms with van der Waals surface area (Å²) in [5, 5.41) is 4.74. The van der Waals surface area contributed by atoms with Crippen LogP contribution in [0.1, 0.15) is 21.6 Å². The van der Waals surface area contributed by atoms with Gasteiger partial charge in [-0.3, -0.25) is 4.79 Å². The van der Waals surface area contributed by atoms with E-state index < -0.39 is 0 Å². The molecule has 2 aromatic heterocycles. The van der Waals surface area contributed by atoms with Crippen molar-refractivity contribution in [2.24, 2.45) is 0 Å². The number of hydrogen-bond acceptors (Lipinski definition) is 3. The first-order valence-electron chi connectivity index (χ1n) is 9.32. The van der Waals surface area contributed by atoms with Crippen LogP contribution in [-0.4, -0.2) is 63.3 Å². The van der Waals surface area contributed by atoms with Crippen LogP contribution in [-0.2, 0) is 0 Å². The highest BCUT2D eigenvalue weighted by Gasteiger charge is 2.28. The average molecular weight is 363 g/mol. The molecule has 0 aliphatic carbocycles. The molecule has 1 aromatic carbocycles. The molecule has 6 heteroatoms.